The molecule has 0 bridgehead atoms. The van der Waals surface area contributed by atoms with Crippen molar-refractivity contribution in [3.63, 3.8) is 0 Å². The molecule has 0 aliphatic carbocycles. The van der Waals surface area contributed by atoms with E-state index in [0.717, 1.165) is 17.7 Å². The molecule has 0 fully saturated rings. The second kappa shape index (κ2) is 4.18. The molecule has 13 heavy (non-hydrogen) atoms. The van der Waals surface area contributed by atoms with Crippen LogP contribution in [0.15, 0.2) is 10.9 Å². The fraction of sp³-hybridized carbons (Fsp3) is 0.556. The van der Waals surface area contributed by atoms with Crippen molar-refractivity contribution in [1.82, 2.24) is 9.78 Å². The van der Waals surface area contributed by atoms with Gasteiger partial charge >= 0.3 is 0 Å². The van der Waals surface area contributed by atoms with Crippen molar-refractivity contribution in [2.45, 2.75) is 26.8 Å². The van der Waals surface area contributed by atoms with Crippen molar-refractivity contribution in [3.05, 3.63) is 27.7 Å². The van der Waals surface area contributed by atoms with E-state index >= 15 is 0 Å². The van der Waals surface area contributed by atoms with Crippen LogP contribution < -0.4 is 11.3 Å². The highest BCUT2D eigenvalue weighted by Crippen LogP contribution is 2.00. The van der Waals surface area contributed by atoms with E-state index < -0.39 is 0 Å². The zero-order valence-corrected chi connectivity index (χ0v) is 8.08. The number of rotatable bonds is 3. The first-order valence-electron chi connectivity index (χ1n) is 4.46. The predicted octanol–water partition coefficient (Wildman–Crippen LogP) is 0.0728. The summed E-state index contributed by atoms with van der Waals surface area (Å²) in [4.78, 5) is 11.3. The first kappa shape index (κ1) is 9.92. The third-order valence-electron chi connectivity index (χ3n) is 1.97. The zero-order valence-electron chi connectivity index (χ0n) is 8.08. The molecular weight excluding hydrogens is 166 g/mol. The van der Waals surface area contributed by atoms with E-state index in [-0.39, 0.29) is 5.56 Å². The van der Waals surface area contributed by atoms with Crippen molar-refractivity contribution >= 4 is 0 Å². The molecule has 0 saturated carbocycles. The van der Waals surface area contributed by atoms with Crippen LogP contribution in [0.3, 0.4) is 0 Å². The average Bonchev–Trinajstić information content (AvgIpc) is 2.10. The summed E-state index contributed by atoms with van der Waals surface area (Å²) in [6, 6.07) is 1.61. The van der Waals surface area contributed by atoms with Crippen LogP contribution in [0.2, 0.25) is 0 Å². The molecule has 1 heterocycles. The zero-order chi connectivity index (χ0) is 9.84. The molecule has 0 amide bonds. The molecule has 0 aliphatic rings. The molecule has 1 aromatic heterocycles. The van der Waals surface area contributed by atoms with Gasteiger partial charge in [0.15, 0.2) is 0 Å². The number of aryl methyl sites for hydroxylation is 2. The van der Waals surface area contributed by atoms with E-state index in [1.807, 2.05) is 13.8 Å². The maximum atomic E-state index is 11.3. The van der Waals surface area contributed by atoms with Gasteiger partial charge in [-0.25, -0.2) is 4.68 Å². The highest BCUT2D eigenvalue weighted by molar-refractivity contribution is 5.15. The Kier molecular flexibility index (Phi) is 3.19. The molecule has 0 spiro atoms. The summed E-state index contributed by atoms with van der Waals surface area (Å²) in [5, 5.41) is 4.20. The van der Waals surface area contributed by atoms with Crippen LogP contribution in [0.5, 0.6) is 0 Å². The number of hydrogen-bond acceptors (Lipinski definition) is 3. The number of aromatic nitrogens is 2. The van der Waals surface area contributed by atoms with Gasteiger partial charge < -0.3 is 5.73 Å². The monoisotopic (exact) mass is 181 g/mol. The molecule has 0 unspecified atom stereocenters. The molecular formula is C9H15N3O. The Morgan fingerprint density at radius 3 is 2.85 bits per heavy atom. The summed E-state index contributed by atoms with van der Waals surface area (Å²) in [6.07, 6.45) is 0.844. The lowest BCUT2D eigenvalue weighted by Gasteiger charge is -2.06. The fourth-order valence-electron chi connectivity index (χ4n) is 1.25. The summed E-state index contributed by atoms with van der Waals surface area (Å²) < 4.78 is 1.42. The van der Waals surface area contributed by atoms with Crippen LogP contribution in [0, 0.1) is 6.92 Å². The summed E-state index contributed by atoms with van der Waals surface area (Å²) in [5.74, 6) is 0. The SMILES string of the molecule is CCc1nn(CCN)c(=O)cc1C. The lowest BCUT2D eigenvalue weighted by atomic mass is 10.2. The van der Waals surface area contributed by atoms with E-state index in [0.29, 0.717) is 13.1 Å². The minimum atomic E-state index is -0.0693. The van der Waals surface area contributed by atoms with Crippen molar-refractivity contribution in [2.24, 2.45) is 5.73 Å². The van der Waals surface area contributed by atoms with E-state index in [9.17, 15) is 4.79 Å². The van der Waals surface area contributed by atoms with Gasteiger partial charge in [-0.1, -0.05) is 6.92 Å². The Hall–Kier alpha value is -1.16. The van der Waals surface area contributed by atoms with Gasteiger partial charge in [0, 0.05) is 12.6 Å². The maximum Gasteiger partial charge on any atom is 0.267 e. The standard InChI is InChI=1S/C9H15N3O/c1-3-8-7(2)6-9(13)12(11-8)5-4-10/h6H,3-5,10H2,1-2H3. The molecule has 4 heteroatoms. The Morgan fingerprint density at radius 1 is 1.62 bits per heavy atom. The van der Waals surface area contributed by atoms with Crippen LogP contribution in [-0.2, 0) is 13.0 Å². The van der Waals surface area contributed by atoms with Gasteiger partial charge in [-0.15, -0.1) is 0 Å². The largest absolute Gasteiger partial charge is 0.329 e. The van der Waals surface area contributed by atoms with E-state index in [1.165, 1.54) is 4.68 Å². The van der Waals surface area contributed by atoms with Crippen LogP contribution in [0.1, 0.15) is 18.2 Å². The highest BCUT2D eigenvalue weighted by Gasteiger charge is 2.02. The molecule has 0 radical (unpaired) electrons. The molecule has 1 rings (SSSR count). The number of nitrogens with two attached hydrogens (primary N) is 1. The fourth-order valence-corrected chi connectivity index (χ4v) is 1.25. The van der Waals surface area contributed by atoms with Gasteiger partial charge in [-0.05, 0) is 18.9 Å². The topological polar surface area (TPSA) is 60.9 Å². The minimum absolute atomic E-state index is 0.0693. The molecule has 0 atom stereocenters. The van der Waals surface area contributed by atoms with E-state index in [2.05, 4.69) is 5.10 Å². The molecule has 0 aromatic carbocycles. The smallest absolute Gasteiger partial charge is 0.267 e. The molecule has 1 aromatic rings. The first-order chi connectivity index (χ1) is 6.19. The van der Waals surface area contributed by atoms with E-state index in [1.54, 1.807) is 6.07 Å². The molecule has 72 valence electrons. The lowest BCUT2D eigenvalue weighted by molar-refractivity contribution is 0.571. The number of hydrogen-bond donors (Lipinski definition) is 1. The average molecular weight is 181 g/mol. The van der Waals surface area contributed by atoms with Crippen LogP contribution in [0.4, 0.5) is 0 Å². The summed E-state index contributed by atoms with van der Waals surface area (Å²) in [7, 11) is 0. The highest BCUT2D eigenvalue weighted by atomic mass is 16.1. The van der Waals surface area contributed by atoms with Crippen molar-refractivity contribution in [2.75, 3.05) is 6.54 Å². The Balaban J connectivity index is 3.14. The van der Waals surface area contributed by atoms with Crippen LogP contribution in [0.25, 0.3) is 0 Å². The quantitative estimate of drug-likeness (QED) is 0.718. The van der Waals surface area contributed by atoms with Crippen molar-refractivity contribution in [3.8, 4) is 0 Å². The lowest BCUT2D eigenvalue weighted by Crippen LogP contribution is -2.27. The van der Waals surface area contributed by atoms with Crippen LogP contribution >= 0.6 is 0 Å². The summed E-state index contributed by atoms with van der Waals surface area (Å²) >= 11 is 0. The molecule has 2 N–H and O–H groups in total. The molecule has 0 aliphatic heterocycles. The van der Waals surface area contributed by atoms with Gasteiger partial charge in [0.25, 0.3) is 5.56 Å². The van der Waals surface area contributed by atoms with Gasteiger partial charge in [0.2, 0.25) is 0 Å². The number of nitrogens with zero attached hydrogens (tertiary/aromatic N) is 2. The van der Waals surface area contributed by atoms with Gasteiger partial charge in [-0.2, -0.15) is 5.10 Å². The van der Waals surface area contributed by atoms with Crippen LogP contribution in [-0.4, -0.2) is 16.3 Å². The second-order valence-electron chi connectivity index (χ2n) is 2.98. The van der Waals surface area contributed by atoms with Crippen molar-refractivity contribution < 1.29 is 0 Å². The molecule has 0 saturated heterocycles. The second-order valence-corrected chi connectivity index (χ2v) is 2.98. The van der Waals surface area contributed by atoms with Gasteiger partial charge in [0.1, 0.15) is 0 Å². The van der Waals surface area contributed by atoms with Gasteiger partial charge in [0.05, 0.1) is 12.2 Å². The van der Waals surface area contributed by atoms with Crippen molar-refractivity contribution in [1.29, 1.82) is 0 Å². The summed E-state index contributed by atoms with van der Waals surface area (Å²) in [5.41, 5.74) is 7.21. The molecule has 4 nitrogen and oxygen atoms in total. The normalized spacial score (nSPS) is 10.4. The third kappa shape index (κ3) is 2.15. The Bertz CT molecular complexity index is 343. The maximum absolute atomic E-state index is 11.3. The summed E-state index contributed by atoms with van der Waals surface area (Å²) in [6.45, 7) is 4.86. The first-order valence-corrected chi connectivity index (χ1v) is 4.46. The Labute approximate surface area is 77.4 Å². The Morgan fingerprint density at radius 2 is 2.31 bits per heavy atom. The minimum Gasteiger partial charge on any atom is -0.329 e. The third-order valence-corrected chi connectivity index (χ3v) is 1.97. The van der Waals surface area contributed by atoms with E-state index in [4.69, 9.17) is 5.73 Å². The van der Waals surface area contributed by atoms with Gasteiger partial charge in [-0.3, -0.25) is 4.79 Å². The predicted molar refractivity (Wildman–Crippen MR) is 51.7 cm³/mol.